The number of benzene rings is 2. The summed E-state index contributed by atoms with van der Waals surface area (Å²) < 4.78 is 0. The molecule has 0 radical (unpaired) electrons. The lowest BCUT2D eigenvalue weighted by molar-refractivity contribution is 0.505. The van der Waals surface area contributed by atoms with E-state index in [4.69, 9.17) is 0 Å². The maximum absolute atomic E-state index is 2.12. The van der Waals surface area contributed by atoms with Crippen LogP contribution in [0.5, 0.6) is 0 Å². The number of hydrogen-bond acceptors (Lipinski definition) is 1. The Labute approximate surface area is 111 Å². The van der Waals surface area contributed by atoms with Gasteiger partial charge >= 0.3 is 0 Å². The Morgan fingerprint density at radius 1 is 0.588 bits per heavy atom. The molecule has 2 rings (SSSR count). The van der Waals surface area contributed by atoms with Crippen LogP contribution in [-0.4, -0.2) is 26.0 Å². The Hall–Kier alpha value is -1.31. The average molecular weight is 250 g/mol. The highest BCUT2D eigenvalue weighted by Crippen LogP contribution is 2.17. The first-order valence-electron chi connectivity index (χ1n) is 5.41. The predicted molar refractivity (Wildman–Crippen MR) is 78.7 cm³/mol. The van der Waals surface area contributed by atoms with E-state index in [0.29, 0.717) is 0 Å². The highest BCUT2D eigenvalue weighted by atomic mass is 35.5. The zero-order valence-corrected chi connectivity index (χ0v) is 11.4. The molecule has 2 heteroatoms. The van der Waals surface area contributed by atoms with Crippen LogP contribution >= 0.6 is 12.4 Å². The van der Waals surface area contributed by atoms with E-state index < -0.39 is 0 Å². The van der Waals surface area contributed by atoms with Gasteiger partial charge in [0, 0.05) is 0 Å². The molecule has 0 saturated heterocycles. The molecule has 0 bridgehead atoms. The molecule has 17 heavy (non-hydrogen) atoms. The van der Waals surface area contributed by atoms with Gasteiger partial charge in [-0.2, -0.15) is 0 Å². The molecule has 0 atom stereocenters. The van der Waals surface area contributed by atoms with Gasteiger partial charge in [0.2, 0.25) is 0 Å². The third-order valence-electron chi connectivity index (χ3n) is 1.88. The van der Waals surface area contributed by atoms with E-state index in [9.17, 15) is 0 Å². The van der Waals surface area contributed by atoms with Crippen LogP contribution in [0, 0.1) is 0 Å². The molecule has 0 amide bonds. The van der Waals surface area contributed by atoms with Gasteiger partial charge < -0.3 is 4.90 Å². The summed E-state index contributed by atoms with van der Waals surface area (Å²) >= 11 is 0. The summed E-state index contributed by atoms with van der Waals surface area (Å²) in [5.74, 6) is 0. The molecular formula is C15H20ClN. The molecule has 0 aromatic heterocycles. The van der Waals surface area contributed by atoms with Crippen LogP contribution in [0.25, 0.3) is 11.1 Å². The minimum absolute atomic E-state index is 0. The third kappa shape index (κ3) is 6.77. The van der Waals surface area contributed by atoms with E-state index in [-0.39, 0.29) is 12.4 Å². The van der Waals surface area contributed by atoms with Crippen LogP contribution in [0.4, 0.5) is 0 Å². The van der Waals surface area contributed by atoms with Crippen LogP contribution in [0.2, 0.25) is 0 Å². The fraction of sp³-hybridized carbons (Fsp3) is 0.200. The second kappa shape index (κ2) is 8.80. The number of halogens is 1. The molecule has 0 aliphatic rings. The summed E-state index contributed by atoms with van der Waals surface area (Å²) in [5, 5.41) is 0. The van der Waals surface area contributed by atoms with Gasteiger partial charge in [0.25, 0.3) is 0 Å². The lowest BCUT2D eigenvalue weighted by atomic mass is 10.1. The Morgan fingerprint density at radius 2 is 0.824 bits per heavy atom. The molecule has 0 N–H and O–H groups in total. The minimum atomic E-state index is 0. The molecule has 1 nitrogen and oxygen atoms in total. The van der Waals surface area contributed by atoms with Crippen LogP contribution < -0.4 is 0 Å². The van der Waals surface area contributed by atoms with Crippen LogP contribution in [0.15, 0.2) is 60.7 Å². The Kier molecular flexibility index (Phi) is 8.12. The Morgan fingerprint density at radius 3 is 1.06 bits per heavy atom. The van der Waals surface area contributed by atoms with Crippen LogP contribution in [0.1, 0.15) is 0 Å². The molecule has 0 unspecified atom stereocenters. The van der Waals surface area contributed by atoms with Crippen molar-refractivity contribution < 1.29 is 0 Å². The molecule has 0 aliphatic heterocycles. The normalized spacial score (nSPS) is 8.94. The molecule has 0 fully saturated rings. The second-order valence-electron chi connectivity index (χ2n) is 4.07. The van der Waals surface area contributed by atoms with Gasteiger partial charge in [0.1, 0.15) is 0 Å². The minimum Gasteiger partial charge on any atom is -0.312 e. The van der Waals surface area contributed by atoms with Crippen molar-refractivity contribution in [2.24, 2.45) is 0 Å². The SMILES string of the molecule is CN(C)C.Cl.c1ccc(-c2ccccc2)cc1. The van der Waals surface area contributed by atoms with Crippen molar-refractivity contribution in [3.05, 3.63) is 60.7 Å². The number of hydrogen-bond donors (Lipinski definition) is 0. The van der Waals surface area contributed by atoms with Crippen molar-refractivity contribution in [1.29, 1.82) is 0 Å². The summed E-state index contributed by atoms with van der Waals surface area (Å²) in [6.07, 6.45) is 0. The standard InChI is InChI=1S/C12H10.C3H9N.ClH/c1-3-7-11(8-4-1)12-9-5-2-6-10-12;1-4(2)3;/h1-10H;1-3H3;1H. The van der Waals surface area contributed by atoms with E-state index in [2.05, 4.69) is 48.5 Å². The molecule has 2 aromatic carbocycles. The molecule has 0 spiro atoms. The molecular weight excluding hydrogens is 230 g/mol. The van der Waals surface area contributed by atoms with E-state index >= 15 is 0 Å². The van der Waals surface area contributed by atoms with E-state index in [1.807, 2.05) is 38.2 Å². The fourth-order valence-corrected chi connectivity index (χ4v) is 1.26. The average Bonchev–Trinajstić information content (AvgIpc) is 2.31. The van der Waals surface area contributed by atoms with Gasteiger partial charge in [0.05, 0.1) is 0 Å². The monoisotopic (exact) mass is 249 g/mol. The number of nitrogens with zero attached hydrogens (tertiary/aromatic N) is 1. The molecule has 92 valence electrons. The van der Waals surface area contributed by atoms with E-state index in [1.165, 1.54) is 11.1 Å². The van der Waals surface area contributed by atoms with Crippen molar-refractivity contribution in [1.82, 2.24) is 4.90 Å². The van der Waals surface area contributed by atoms with E-state index in [1.54, 1.807) is 0 Å². The number of rotatable bonds is 1. The first-order valence-corrected chi connectivity index (χ1v) is 5.41. The summed E-state index contributed by atoms with van der Waals surface area (Å²) in [6, 6.07) is 20.8. The van der Waals surface area contributed by atoms with Gasteiger partial charge in [-0.3, -0.25) is 0 Å². The van der Waals surface area contributed by atoms with Crippen molar-refractivity contribution in [3.63, 3.8) is 0 Å². The first kappa shape index (κ1) is 15.7. The smallest absolute Gasteiger partial charge is 0.0140 e. The third-order valence-corrected chi connectivity index (χ3v) is 1.88. The second-order valence-corrected chi connectivity index (χ2v) is 4.07. The summed E-state index contributed by atoms with van der Waals surface area (Å²) in [7, 11) is 6.00. The highest BCUT2D eigenvalue weighted by Gasteiger charge is 1.91. The van der Waals surface area contributed by atoms with Gasteiger partial charge in [0.15, 0.2) is 0 Å². The zero-order valence-electron chi connectivity index (χ0n) is 10.6. The molecule has 0 aliphatic carbocycles. The summed E-state index contributed by atoms with van der Waals surface area (Å²) in [4.78, 5) is 2.00. The Bertz CT molecular complexity index is 344. The van der Waals surface area contributed by atoms with E-state index in [0.717, 1.165) is 0 Å². The van der Waals surface area contributed by atoms with Crippen molar-refractivity contribution in [2.45, 2.75) is 0 Å². The maximum Gasteiger partial charge on any atom is -0.0140 e. The molecule has 0 saturated carbocycles. The summed E-state index contributed by atoms with van der Waals surface area (Å²) in [5.41, 5.74) is 2.55. The predicted octanol–water partition coefficient (Wildman–Crippen LogP) is 3.95. The van der Waals surface area contributed by atoms with Gasteiger partial charge in [-0.05, 0) is 32.3 Å². The lowest BCUT2D eigenvalue weighted by Crippen LogP contribution is -1.99. The first-order chi connectivity index (χ1) is 7.70. The highest BCUT2D eigenvalue weighted by molar-refractivity contribution is 5.85. The van der Waals surface area contributed by atoms with Gasteiger partial charge in [-0.15, -0.1) is 12.4 Å². The van der Waals surface area contributed by atoms with Gasteiger partial charge in [-0.1, -0.05) is 60.7 Å². The fourth-order valence-electron chi connectivity index (χ4n) is 1.26. The maximum atomic E-state index is 2.12. The van der Waals surface area contributed by atoms with Crippen molar-refractivity contribution in [3.8, 4) is 11.1 Å². The zero-order chi connectivity index (χ0) is 11.8. The lowest BCUT2D eigenvalue weighted by Gasteiger charge is -1.98. The van der Waals surface area contributed by atoms with Gasteiger partial charge in [-0.25, -0.2) is 0 Å². The topological polar surface area (TPSA) is 3.24 Å². The summed E-state index contributed by atoms with van der Waals surface area (Å²) in [6.45, 7) is 0. The van der Waals surface area contributed by atoms with Crippen LogP contribution in [0.3, 0.4) is 0 Å². The van der Waals surface area contributed by atoms with Crippen molar-refractivity contribution in [2.75, 3.05) is 21.1 Å². The van der Waals surface area contributed by atoms with Crippen LogP contribution in [-0.2, 0) is 0 Å². The molecule has 2 aromatic rings. The largest absolute Gasteiger partial charge is 0.312 e. The quantitative estimate of drug-likeness (QED) is 0.740. The Balaban J connectivity index is 0.000000453. The molecule has 0 heterocycles. The van der Waals surface area contributed by atoms with Crippen molar-refractivity contribution >= 4 is 12.4 Å².